The van der Waals surface area contributed by atoms with Gasteiger partial charge < -0.3 is 10.8 Å². The summed E-state index contributed by atoms with van der Waals surface area (Å²) in [7, 11) is 0. The van der Waals surface area contributed by atoms with E-state index in [9.17, 15) is 9.59 Å². The Balaban J connectivity index is 2.73. The highest BCUT2D eigenvalue weighted by atomic mass is 35.5. The summed E-state index contributed by atoms with van der Waals surface area (Å²) >= 11 is 5.46. The second-order valence-electron chi connectivity index (χ2n) is 2.45. The molecule has 1 amide bonds. The van der Waals surface area contributed by atoms with E-state index in [0.717, 1.165) is 6.08 Å². The Morgan fingerprint density at radius 3 is 2.56 bits per heavy atom. The molecule has 4 N–H and O–H groups in total. The van der Waals surface area contributed by atoms with Gasteiger partial charge in [0.1, 0.15) is 0 Å². The standard InChI is InChI=1S/C7H6ClN5O3/c8-5-11-6(9)13-7(12-5)10-3(14)1-2-4(15)16/h1-2H,(H,15,16)(H3,9,10,11,12,13,14)/b2-1+. The van der Waals surface area contributed by atoms with Gasteiger partial charge in [-0.05, 0) is 11.6 Å². The number of anilines is 2. The molecule has 0 unspecified atom stereocenters. The molecule has 84 valence electrons. The molecule has 0 aliphatic heterocycles. The zero-order chi connectivity index (χ0) is 12.1. The van der Waals surface area contributed by atoms with Crippen LogP contribution in [-0.4, -0.2) is 31.9 Å². The van der Waals surface area contributed by atoms with Crippen molar-refractivity contribution in [2.24, 2.45) is 0 Å². The van der Waals surface area contributed by atoms with Crippen molar-refractivity contribution < 1.29 is 14.7 Å². The topological polar surface area (TPSA) is 131 Å². The number of carboxylic acids is 1. The second kappa shape index (κ2) is 5.03. The van der Waals surface area contributed by atoms with Gasteiger partial charge in [0.2, 0.25) is 17.2 Å². The summed E-state index contributed by atoms with van der Waals surface area (Å²) in [6.45, 7) is 0. The van der Waals surface area contributed by atoms with Gasteiger partial charge in [0.25, 0.3) is 5.91 Å². The summed E-state index contributed by atoms with van der Waals surface area (Å²) < 4.78 is 0. The SMILES string of the molecule is Nc1nc(Cl)nc(NC(=O)/C=C/C(=O)O)n1. The molecule has 0 aliphatic rings. The third kappa shape index (κ3) is 3.88. The molecule has 0 fully saturated rings. The van der Waals surface area contributed by atoms with Crippen LogP contribution in [0.15, 0.2) is 12.2 Å². The normalized spacial score (nSPS) is 10.3. The molecule has 1 aromatic rings. The van der Waals surface area contributed by atoms with Gasteiger partial charge >= 0.3 is 5.97 Å². The number of hydrogen-bond donors (Lipinski definition) is 3. The van der Waals surface area contributed by atoms with Crippen LogP contribution in [0.1, 0.15) is 0 Å². The number of amides is 1. The van der Waals surface area contributed by atoms with Crippen molar-refractivity contribution in [1.82, 2.24) is 15.0 Å². The third-order valence-corrected chi connectivity index (χ3v) is 1.41. The molecule has 0 saturated carbocycles. The Kier molecular flexibility index (Phi) is 3.72. The molecular weight excluding hydrogens is 238 g/mol. The van der Waals surface area contributed by atoms with Crippen LogP contribution in [0.2, 0.25) is 5.28 Å². The van der Waals surface area contributed by atoms with Gasteiger partial charge in [0, 0.05) is 12.2 Å². The largest absolute Gasteiger partial charge is 0.478 e. The van der Waals surface area contributed by atoms with E-state index < -0.39 is 11.9 Å². The first-order valence-corrected chi connectivity index (χ1v) is 4.24. The number of rotatable bonds is 3. The minimum absolute atomic E-state index is 0.155. The van der Waals surface area contributed by atoms with E-state index in [0.29, 0.717) is 6.08 Å². The molecule has 0 radical (unpaired) electrons. The van der Waals surface area contributed by atoms with Gasteiger partial charge in [0.15, 0.2) is 0 Å². The highest BCUT2D eigenvalue weighted by Gasteiger charge is 2.04. The Hall–Kier alpha value is -2.22. The maximum absolute atomic E-state index is 11.1. The van der Waals surface area contributed by atoms with Gasteiger partial charge in [-0.25, -0.2) is 4.79 Å². The molecule has 9 heteroatoms. The Labute approximate surface area is 94.2 Å². The molecule has 8 nitrogen and oxygen atoms in total. The van der Waals surface area contributed by atoms with E-state index in [-0.39, 0.29) is 17.2 Å². The van der Waals surface area contributed by atoms with Gasteiger partial charge in [0.05, 0.1) is 0 Å². The molecule has 1 heterocycles. The van der Waals surface area contributed by atoms with Crippen molar-refractivity contribution in [2.45, 2.75) is 0 Å². The first-order valence-electron chi connectivity index (χ1n) is 3.86. The summed E-state index contributed by atoms with van der Waals surface area (Å²) in [6.07, 6.45) is 1.47. The number of carbonyl (C=O) groups excluding carboxylic acids is 1. The Morgan fingerprint density at radius 2 is 2.00 bits per heavy atom. The molecule has 0 aliphatic carbocycles. The van der Waals surface area contributed by atoms with Crippen LogP contribution in [0.3, 0.4) is 0 Å². The maximum Gasteiger partial charge on any atom is 0.328 e. The van der Waals surface area contributed by atoms with E-state index >= 15 is 0 Å². The Bertz CT molecular complexity index is 441. The monoisotopic (exact) mass is 243 g/mol. The molecule has 0 bridgehead atoms. The predicted octanol–water partition coefficient (Wildman–Crippen LogP) is -0.314. The van der Waals surface area contributed by atoms with E-state index in [2.05, 4.69) is 20.3 Å². The van der Waals surface area contributed by atoms with Crippen LogP contribution in [-0.2, 0) is 9.59 Å². The fraction of sp³-hybridized carbons (Fsp3) is 0. The number of nitrogens with zero attached hydrogens (tertiary/aromatic N) is 3. The highest BCUT2D eigenvalue weighted by Crippen LogP contribution is 2.06. The molecule has 0 aromatic carbocycles. The number of hydrogen-bond acceptors (Lipinski definition) is 6. The average molecular weight is 244 g/mol. The summed E-state index contributed by atoms with van der Waals surface area (Å²) in [4.78, 5) is 31.8. The summed E-state index contributed by atoms with van der Waals surface area (Å²) in [5, 5.41) is 10.3. The number of aromatic nitrogens is 3. The highest BCUT2D eigenvalue weighted by molar-refractivity contribution is 6.28. The number of carbonyl (C=O) groups is 2. The number of nitrogens with two attached hydrogens (primary N) is 1. The van der Waals surface area contributed by atoms with Gasteiger partial charge in [-0.1, -0.05) is 0 Å². The summed E-state index contributed by atoms with van der Waals surface area (Å²) in [5.41, 5.74) is 5.25. The lowest BCUT2D eigenvalue weighted by atomic mass is 10.5. The predicted molar refractivity (Wildman–Crippen MR) is 54.7 cm³/mol. The maximum atomic E-state index is 11.1. The third-order valence-electron chi connectivity index (χ3n) is 1.24. The molecule has 0 spiro atoms. The second-order valence-corrected chi connectivity index (χ2v) is 2.79. The number of carboxylic acid groups (broad SMARTS) is 1. The van der Waals surface area contributed by atoms with E-state index in [1.54, 1.807) is 0 Å². The number of aliphatic carboxylic acids is 1. The quantitative estimate of drug-likeness (QED) is 0.620. The number of nitrogens with one attached hydrogen (secondary N) is 1. The smallest absolute Gasteiger partial charge is 0.328 e. The lowest BCUT2D eigenvalue weighted by Crippen LogP contribution is -2.13. The summed E-state index contributed by atoms with van der Waals surface area (Å²) in [5.74, 6) is -2.28. The van der Waals surface area contributed by atoms with E-state index in [4.69, 9.17) is 22.4 Å². The van der Waals surface area contributed by atoms with Gasteiger partial charge in [-0.3, -0.25) is 10.1 Å². The lowest BCUT2D eigenvalue weighted by molar-refractivity contribution is -0.131. The number of halogens is 1. The van der Waals surface area contributed by atoms with Crippen molar-refractivity contribution in [3.8, 4) is 0 Å². The molecule has 1 aromatic heterocycles. The first kappa shape index (κ1) is 11.9. The molecule has 1 rings (SSSR count). The van der Waals surface area contributed by atoms with Crippen LogP contribution in [0.5, 0.6) is 0 Å². The van der Waals surface area contributed by atoms with Crippen molar-refractivity contribution in [3.63, 3.8) is 0 Å². The van der Waals surface area contributed by atoms with Crippen LogP contribution in [0.4, 0.5) is 11.9 Å². The average Bonchev–Trinajstić information content (AvgIpc) is 2.12. The van der Waals surface area contributed by atoms with Crippen molar-refractivity contribution >= 4 is 35.4 Å². The molecule has 16 heavy (non-hydrogen) atoms. The van der Waals surface area contributed by atoms with Gasteiger partial charge in [-0.2, -0.15) is 15.0 Å². The molecule has 0 saturated heterocycles. The molecule has 0 atom stereocenters. The Morgan fingerprint density at radius 1 is 1.31 bits per heavy atom. The van der Waals surface area contributed by atoms with Crippen LogP contribution >= 0.6 is 11.6 Å². The fourth-order valence-corrected chi connectivity index (χ4v) is 0.887. The van der Waals surface area contributed by atoms with Crippen molar-refractivity contribution in [3.05, 3.63) is 17.4 Å². The van der Waals surface area contributed by atoms with Crippen LogP contribution in [0, 0.1) is 0 Å². The van der Waals surface area contributed by atoms with Gasteiger partial charge in [-0.15, -0.1) is 0 Å². The van der Waals surface area contributed by atoms with Crippen LogP contribution in [0.25, 0.3) is 0 Å². The fourth-order valence-electron chi connectivity index (χ4n) is 0.720. The molecular formula is C7H6ClN5O3. The minimum atomic E-state index is -1.25. The first-order chi connectivity index (χ1) is 7.47. The number of nitrogen functional groups attached to an aromatic ring is 1. The lowest BCUT2D eigenvalue weighted by Gasteiger charge is -2.00. The van der Waals surface area contributed by atoms with E-state index in [1.165, 1.54) is 0 Å². The zero-order valence-corrected chi connectivity index (χ0v) is 8.47. The van der Waals surface area contributed by atoms with Crippen LogP contribution < -0.4 is 11.1 Å². The van der Waals surface area contributed by atoms with E-state index in [1.807, 2.05) is 0 Å². The van der Waals surface area contributed by atoms with Crippen molar-refractivity contribution in [2.75, 3.05) is 11.1 Å². The minimum Gasteiger partial charge on any atom is -0.478 e. The zero-order valence-electron chi connectivity index (χ0n) is 7.72. The van der Waals surface area contributed by atoms with Crippen molar-refractivity contribution in [1.29, 1.82) is 0 Å². The summed E-state index contributed by atoms with van der Waals surface area (Å²) in [6, 6.07) is 0.